The Bertz CT molecular complexity index is 975. The lowest BCUT2D eigenvalue weighted by Crippen LogP contribution is -2.37. The molecule has 0 spiro atoms. The number of hydrogen-bond acceptors (Lipinski definition) is 4. The van der Waals surface area contributed by atoms with E-state index in [2.05, 4.69) is 31.9 Å². The first-order valence-corrected chi connectivity index (χ1v) is 9.79. The van der Waals surface area contributed by atoms with Gasteiger partial charge < -0.3 is 10.6 Å². The van der Waals surface area contributed by atoms with E-state index in [1.54, 1.807) is 36.5 Å². The van der Waals surface area contributed by atoms with Crippen molar-refractivity contribution in [3.63, 3.8) is 0 Å². The fourth-order valence-electron chi connectivity index (χ4n) is 2.61. The van der Waals surface area contributed by atoms with Crippen molar-refractivity contribution in [1.82, 2.24) is 10.6 Å². The van der Waals surface area contributed by atoms with Crippen LogP contribution in [-0.4, -0.2) is 22.6 Å². The Hall–Kier alpha value is -2.35. The Morgan fingerprint density at radius 3 is 2.46 bits per heavy atom. The largest absolute Gasteiger partial charge is 0.386 e. The molecule has 0 saturated heterocycles. The third-order valence-corrected chi connectivity index (χ3v) is 4.85. The number of amides is 3. The Labute approximate surface area is 179 Å². The van der Waals surface area contributed by atoms with E-state index in [-0.39, 0.29) is 0 Å². The SMILES string of the molecule is O=C1NC(=O)c2ccc(Br)cc2C1=CNCc1ccc(NC(=O)C(Cl)Cl)cc1. The van der Waals surface area contributed by atoms with E-state index in [4.69, 9.17) is 23.2 Å². The summed E-state index contributed by atoms with van der Waals surface area (Å²) in [6, 6.07) is 12.2. The minimum atomic E-state index is -1.13. The summed E-state index contributed by atoms with van der Waals surface area (Å²) < 4.78 is 0.772. The van der Waals surface area contributed by atoms with Gasteiger partial charge in [0.25, 0.3) is 17.7 Å². The maximum atomic E-state index is 12.2. The van der Waals surface area contributed by atoms with Crippen LogP contribution in [0, 0.1) is 0 Å². The highest BCUT2D eigenvalue weighted by molar-refractivity contribution is 9.10. The second kappa shape index (κ2) is 8.77. The monoisotopic (exact) mass is 481 g/mol. The zero-order chi connectivity index (χ0) is 20.3. The molecule has 3 amide bonds. The van der Waals surface area contributed by atoms with Crippen molar-refractivity contribution in [2.45, 2.75) is 11.4 Å². The molecule has 3 rings (SSSR count). The minimum Gasteiger partial charge on any atom is -0.386 e. The van der Waals surface area contributed by atoms with Crippen LogP contribution in [0.1, 0.15) is 21.5 Å². The van der Waals surface area contributed by atoms with Gasteiger partial charge in [-0.1, -0.05) is 51.3 Å². The average Bonchev–Trinajstić information content (AvgIpc) is 2.65. The molecule has 3 N–H and O–H groups in total. The normalized spacial score (nSPS) is 14.6. The number of carbonyl (C=O) groups excluding carboxylic acids is 3. The summed E-state index contributed by atoms with van der Waals surface area (Å²) in [6.07, 6.45) is 1.58. The number of halogens is 3. The van der Waals surface area contributed by atoms with Gasteiger partial charge in [0.05, 0.1) is 5.57 Å². The molecule has 0 aliphatic carbocycles. The van der Waals surface area contributed by atoms with Gasteiger partial charge in [0.15, 0.2) is 4.84 Å². The summed E-state index contributed by atoms with van der Waals surface area (Å²) in [7, 11) is 0. The van der Waals surface area contributed by atoms with Gasteiger partial charge in [0, 0.05) is 34.0 Å². The summed E-state index contributed by atoms with van der Waals surface area (Å²) >= 11 is 14.4. The number of carbonyl (C=O) groups is 3. The number of fused-ring (bicyclic) bond motifs is 1. The van der Waals surface area contributed by atoms with Crippen LogP contribution in [0.3, 0.4) is 0 Å². The van der Waals surface area contributed by atoms with Crippen molar-refractivity contribution in [2.75, 3.05) is 5.32 Å². The quantitative estimate of drug-likeness (QED) is 0.345. The average molecular weight is 483 g/mol. The molecule has 0 fully saturated rings. The van der Waals surface area contributed by atoms with E-state index in [1.807, 2.05) is 12.1 Å². The van der Waals surface area contributed by atoms with Crippen molar-refractivity contribution in [3.05, 3.63) is 69.8 Å². The molecule has 1 aliphatic heterocycles. The second-order valence-corrected chi connectivity index (χ2v) is 7.91. The van der Waals surface area contributed by atoms with Gasteiger partial charge >= 0.3 is 0 Å². The topological polar surface area (TPSA) is 87.3 Å². The van der Waals surface area contributed by atoms with Crippen LogP contribution < -0.4 is 16.0 Å². The standard InChI is InChI=1S/C19H14BrCl2N3O3/c20-11-3-6-13-14(7-11)15(18(27)25-17(13)26)9-23-8-10-1-4-12(5-2-10)24-19(28)16(21)22/h1-7,9,16,23H,8H2,(H,24,28)(H,25,26,27). The number of rotatable bonds is 5. The number of imide groups is 1. The lowest BCUT2D eigenvalue weighted by Gasteiger charge is -2.18. The maximum Gasteiger partial charge on any atom is 0.260 e. The number of alkyl halides is 2. The number of nitrogens with one attached hydrogen (secondary N) is 3. The van der Waals surface area contributed by atoms with Gasteiger partial charge in [0.2, 0.25) is 0 Å². The van der Waals surface area contributed by atoms with Gasteiger partial charge in [-0.05, 0) is 35.9 Å². The molecule has 0 aromatic heterocycles. The summed E-state index contributed by atoms with van der Waals surface area (Å²) in [5, 5.41) is 7.98. The first-order chi connectivity index (χ1) is 13.3. The molecule has 0 saturated carbocycles. The van der Waals surface area contributed by atoms with Crippen LogP contribution in [0.5, 0.6) is 0 Å². The van der Waals surface area contributed by atoms with E-state index in [9.17, 15) is 14.4 Å². The molecule has 1 aliphatic rings. The molecule has 9 heteroatoms. The Morgan fingerprint density at radius 1 is 1.07 bits per heavy atom. The third-order valence-electron chi connectivity index (χ3n) is 3.96. The number of benzene rings is 2. The van der Waals surface area contributed by atoms with Crippen LogP contribution in [0.15, 0.2) is 53.1 Å². The highest BCUT2D eigenvalue weighted by Crippen LogP contribution is 2.26. The lowest BCUT2D eigenvalue weighted by molar-refractivity contribution is -0.115. The van der Waals surface area contributed by atoms with Crippen molar-refractivity contribution in [3.8, 4) is 0 Å². The Morgan fingerprint density at radius 2 is 1.79 bits per heavy atom. The van der Waals surface area contributed by atoms with E-state index in [0.717, 1.165) is 10.0 Å². The molecule has 2 aromatic carbocycles. The molecule has 0 unspecified atom stereocenters. The molecular weight excluding hydrogens is 469 g/mol. The van der Waals surface area contributed by atoms with E-state index < -0.39 is 22.6 Å². The van der Waals surface area contributed by atoms with Crippen LogP contribution >= 0.6 is 39.1 Å². The van der Waals surface area contributed by atoms with Crippen LogP contribution in [0.2, 0.25) is 0 Å². The van der Waals surface area contributed by atoms with Crippen LogP contribution in [-0.2, 0) is 16.1 Å². The molecule has 0 atom stereocenters. The van der Waals surface area contributed by atoms with Crippen molar-refractivity contribution in [1.29, 1.82) is 0 Å². The number of hydrogen-bond donors (Lipinski definition) is 3. The molecule has 28 heavy (non-hydrogen) atoms. The van der Waals surface area contributed by atoms with Crippen molar-refractivity contribution >= 4 is 68.1 Å². The summed E-state index contributed by atoms with van der Waals surface area (Å²) in [5.74, 6) is -1.38. The predicted octanol–water partition coefficient (Wildman–Crippen LogP) is 3.59. The summed E-state index contributed by atoms with van der Waals surface area (Å²) in [5.41, 5.74) is 2.86. The Kier molecular flexibility index (Phi) is 6.39. The fourth-order valence-corrected chi connectivity index (χ4v) is 3.08. The van der Waals surface area contributed by atoms with Crippen LogP contribution in [0.4, 0.5) is 5.69 Å². The van der Waals surface area contributed by atoms with E-state index in [0.29, 0.717) is 28.9 Å². The highest BCUT2D eigenvalue weighted by Gasteiger charge is 2.27. The van der Waals surface area contributed by atoms with E-state index in [1.165, 1.54) is 0 Å². The van der Waals surface area contributed by atoms with Crippen molar-refractivity contribution in [2.24, 2.45) is 0 Å². The highest BCUT2D eigenvalue weighted by atomic mass is 79.9. The second-order valence-electron chi connectivity index (χ2n) is 5.90. The molecule has 2 aromatic rings. The molecule has 1 heterocycles. The summed E-state index contributed by atoms with van der Waals surface area (Å²) in [4.78, 5) is 34.5. The maximum absolute atomic E-state index is 12.2. The van der Waals surface area contributed by atoms with Gasteiger partial charge in [-0.3, -0.25) is 19.7 Å². The molecule has 6 nitrogen and oxygen atoms in total. The number of anilines is 1. The van der Waals surface area contributed by atoms with Gasteiger partial charge in [-0.25, -0.2) is 0 Å². The smallest absolute Gasteiger partial charge is 0.260 e. The fraction of sp³-hybridized carbons (Fsp3) is 0.105. The zero-order valence-electron chi connectivity index (χ0n) is 14.3. The van der Waals surface area contributed by atoms with Gasteiger partial charge in [-0.15, -0.1) is 0 Å². The first-order valence-electron chi connectivity index (χ1n) is 8.12. The zero-order valence-corrected chi connectivity index (χ0v) is 17.4. The third kappa shape index (κ3) is 4.73. The Balaban J connectivity index is 1.70. The molecular formula is C19H14BrCl2N3O3. The minimum absolute atomic E-state index is 0.370. The summed E-state index contributed by atoms with van der Waals surface area (Å²) in [6.45, 7) is 0.440. The van der Waals surface area contributed by atoms with Crippen LogP contribution in [0.25, 0.3) is 5.57 Å². The van der Waals surface area contributed by atoms with Gasteiger partial charge in [0.1, 0.15) is 0 Å². The van der Waals surface area contributed by atoms with Crippen molar-refractivity contribution < 1.29 is 14.4 Å². The molecule has 144 valence electrons. The van der Waals surface area contributed by atoms with Gasteiger partial charge in [-0.2, -0.15) is 0 Å². The lowest BCUT2D eigenvalue weighted by atomic mass is 9.95. The molecule has 0 radical (unpaired) electrons. The predicted molar refractivity (Wildman–Crippen MR) is 112 cm³/mol. The molecule has 0 bridgehead atoms. The first kappa shape index (κ1) is 20.4. The van der Waals surface area contributed by atoms with E-state index >= 15 is 0 Å².